The van der Waals surface area contributed by atoms with Crippen molar-refractivity contribution in [2.45, 2.75) is 91.6 Å². The lowest BCUT2D eigenvalue weighted by Crippen LogP contribution is -2.10. The number of rotatable bonds is 14. The molecule has 0 aliphatic rings. The number of hydrogen-bond donors (Lipinski definition) is 0. The highest BCUT2D eigenvalue weighted by atomic mass is 31.2. The molecule has 0 radical (unpaired) electrons. The second kappa shape index (κ2) is 12.9. The standard InChI is InChI=1S/C16H35O3P/c1-5-8-10-12-14-16(4)19-20(17,7-3)18-15-13-11-9-6-2/h16H,5-15H2,1-4H3. The minimum absolute atomic E-state index is 0.0354. The van der Waals surface area contributed by atoms with Crippen LogP contribution < -0.4 is 0 Å². The molecule has 20 heavy (non-hydrogen) atoms. The summed E-state index contributed by atoms with van der Waals surface area (Å²) in [4.78, 5) is 0. The zero-order valence-electron chi connectivity index (χ0n) is 14.0. The van der Waals surface area contributed by atoms with Crippen molar-refractivity contribution in [3.8, 4) is 0 Å². The Bertz CT molecular complexity index is 256. The highest BCUT2D eigenvalue weighted by Crippen LogP contribution is 2.49. The first-order chi connectivity index (χ1) is 9.58. The summed E-state index contributed by atoms with van der Waals surface area (Å²) in [6.07, 6.45) is 10.9. The van der Waals surface area contributed by atoms with Crippen molar-refractivity contribution >= 4 is 7.60 Å². The van der Waals surface area contributed by atoms with E-state index in [0.29, 0.717) is 12.8 Å². The van der Waals surface area contributed by atoms with Crippen molar-refractivity contribution in [3.05, 3.63) is 0 Å². The summed E-state index contributed by atoms with van der Waals surface area (Å²) >= 11 is 0. The molecule has 0 aromatic carbocycles. The Labute approximate surface area is 126 Å². The molecule has 2 unspecified atom stereocenters. The monoisotopic (exact) mass is 306 g/mol. The second-order valence-corrected chi connectivity index (χ2v) is 7.91. The van der Waals surface area contributed by atoms with Crippen LogP contribution in [0.3, 0.4) is 0 Å². The minimum Gasteiger partial charge on any atom is -0.309 e. The van der Waals surface area contributed by atoms with E-state index in [2.05, 4.69) is 13.8 Å². The maximum absolute atomic E-state index is 12.5. The van der Waals surface area contributed by atoms with Crippen molar-refractivity contribution in [1.82, 2.24) is 0 Å². The molecule has 0 saturated heterocycles. The Morgan fingerprint density at radius 3 is 2.05 bits per heavy atom. The first-order valence-corrected chi connectivity index (χ1v) is 10.2. The lowest BCUT2D eigenvalue weighted by atomic mass is 10.1. The molecule has 0 aliphatic heterocycles. The fourth-order valence-electron chi connectivity index (χ4n) is 2.11. The van der Waals surface area contributed by atoms with Crippen molar-refractivity contribution in [3.63, 3.8) is 0 Å². The van der Waals surface area contributed by atoms with Crippen LogP contribution in [0.25, 0.3) is 0 Å². The van der Waals surface area contributed by atoms with Crippen molar-refractivity contribution in [2.75, 3.05) is 12.8 Å². The molecule has 0 spiro atoms. The molecule has 4 heteroatoms. The zero-order chi connectivity index (χ0) is 15.3. The van der Waals surface area contributed by atoms with E-state index < -0.39 is 7.60 Å². The average molecular weight is 306 g/mol. The van der Waals surface area contributed by atoms with Gasteiger partial charge in [0.15, 0.2) is 0 Å². The molecule has 0 aliphatic carbocycles. The van der Waals surface area contributed by atoms with Crippen LogP contribution in [0.2, 0.25) is 0 Å². The van der Waals surface area contributed by atoms with Crippen molar-refractivity contribution in [2.24, 2.45) is 0 Å². The molecule has 0 aromatic rings. The second-order valence-electron chi connectivity index (χ2n) is 5.59. The van der Waals surface area contributed by atoms with Gasteiger partial charge in [-0.2, -0.15) is 0 Å². The maximum atomic E-state index is 12.5. The summed E-state index contributed by atoms with van der Waals surface area (Å²) in [5.74, 6) is 0. The first-order valence-electron chi connectivity index (χ1n) is 8.50. The third kappa shape index (κ3) is 10.9. The summed E-state index contributed by atoms with van der Waals surface area (Å²) in [7, 11) is -2.86. The molecule has 3 nitrogen and oxygen atoms in total. The Kier molecular flexibility index (Phi) is 13.0. The van der Waals surface area contributed by atoms with E-state index in [0.717, 1.165) is 25.7 Å². The molecule has 122 valence electrons. The van der Waals surface area contributed by atoms with Gasteiger partial charge in [-0.1, -0.05) is 65.7 Å². The summed E-state index contributed by atoms with van der Waals surface area (Å²) in [5, 5.41) is 0. The molecule has 0 bridgehead atoms. The average Bonchev–Trinajstić information content (AvgIpc) is 2.43. The van der Waals surface area contributed by atoms with Crippen LogP contribution in [0.4, 0.5) is 0 Å². The maximum Gasteiger partial charge on any atom is 0.330 e. The van der Waals surface area contributed by atoms with Crippen LogP contribution >= 0.6 is 7.60 Å². The van der Waals surface area contributed by atoms with Gasteiger partial charge in [0.1, 0.15) is 0 Å². The third-order valence-corrected chi connectivity index (χ3v) is 5.51. The summed E-state index contributed by atoms with van der Waals surface area (Å²) in [6, 6.07) is 0. The van der Waals surface area contributed by atoms with E-state index in [1.807, 2.05) is 13.8 Å². The van der Waals surface area contributed by atoms with Crippen LogP contribution in [0.15, 0.2) is 0 Å². The van der Waals surface area contributed by atoms with Gasteiger partial charge >= 0.3 is 7.60 Å². The molecule has 0 fully saturated rings. The number of hydrogen-bond acceptors (Lipinski definition) is 3. The van der Waals surface area contributed by atoms with Gasteiger partial charge in [0.2, 0.25) is 0 Å². The third-order valence-electron chi connectivity index (χ3n) is 3.48. The van der Waals surface area contributed by atoms with Gasteiger partial charge in [0.05, 0.1) is 12.7 Å². The molecule has 0 aromatic heterocycles. The topological polar surface area (TPSA) is 35.5 Å². The van der Waals surface area contributed by atoms with Gasteiger partial charge < -0.3 is 9.05 Å². The molecule has 0 heterocycles. The summed E-state index contributed by atoms with van der Waals surface area (Å²) in [5.41, 5.74) is 0. The Morgan fingerprint density at radius 1 is 0.900 bits per heavy atom. The quantitative estimate of drug-likeness (QED) is 0.284. The van der Waals surface area contributed by atoms with Crippen molar-refractivity contribution in [1.29, 1.82) is 0 Å². The zero-order valence-corrected chi connectivity index (χ0v) is 14.9. The van der Waals surface area contributed by atoms with Crippen molar-refractivity contribution < 1.29 is 13.6 Å². The molecule has 0 rings (SSSR count). The van der Waals surface area contributed by atoms with E-state index in [9.17, 15) is 4.57 Å². The predicted octanol–water partition coefficient (Wildman–Crippen LogP) is 6.17. The largest absolute Gasteiger partial charge is 0.330 e. The Morgan fingerprint density at radius 2 is 1.50 bits per heavy atom. The predicted molar refractivity (Wildman–Crippen MR) is 87.5 cm³/mol. The summed E-state index contributed by atoms with van der Waals surface area (Å²) in [6.45, 7) is 8.84. The molecular weight excluding hydrogens is 271 g/mol. The van der Waals surface area contributed by atoms with Crippen LogP contribution in [-0.4, -0.2) is 18.9 Å². The Balaban J connectivity index is 3.87. The SMILES string of the molecule is CCCCCCOP(=O)(CC)OC(C)CCCCCC. The van der Waals surface area contributed by atoms with E-state index in [4.69, 9.17) is 9.05 Å². The van der Waals surface area contributed by atoms with Gasteiger partial charge in [-0.15, -0.1) is 0 Å². The lowest BCUT2D eigenvalue weighted by molar-refractivity contribution is 0.148. The normalized spacial score (nSPS) is 16.0. The van der Waals surface area contributed by atoms with Gasteiger partial charge in [-0.25, -0.2) is 0 Å². The molecular formula is C16H35O3P. The first kappa shape index (κ1) is 20.1. The Hall–Kier alpha value is 0.150. The van der Waals surface area contributed by atoms with Gasteiger partial charge in [-0.05, 0) is 19.8 Å². The van der Waals surface area contributed by atoms with E-state index >= 15 is 0 Å². The highest BCUT2D eigenvalue weighted by molar-refractivity contribution is 7.53. The smallest absolute Gasteiger partial charge is 0.309 e. The number of unbranched alkanes of at least 4 members (excludes halogenated alkanes) is 6. The summed E-state index contributed by atoms with van der Waals surface area (Å²) < 4.78 is 23.7. The van der Waals surface area contributed by atoms with Crippen LogP contribution in [-0.2, 0) is 13.6 Å². The van der Waals surface area contributed by atoms with Crippen LogP contribution in [0.5, 0.6) is 0 Å². The molecule has 0 N–H and O–H groups in total. The fourth-order valence-corrected chi connectivity index (χ4v) is 3.57. The van der Waals surface area contributed by atoms with Crippen LogP contribution in [0.1, 0.15) is 85.5 Å². The lowest BCUT2D eigenvalue weighted by Gasteiger charge is -2.21. The molecule has 0 saturated carbocycles. The fraction of sp³-hybridized carbons (Fsp3) is 1.00. The van der Waals surface area contributed by atoms with E-state index in [1.54, 1.807) is 0 Å². The molecule has 2 atom stereocenters. The van der Waals surface area contributed by atoms with E-state index in [1.165, 1.54) is 32.1 Å². The van der Waals surface area contributed by atoms with E-state index in [-0.39, 0.29) is 6.10 Å². The van der Waals surface area contributed by atoms with Gasteiger partial charge in [0, 0.05) is 6.16 Å². The minimum atomic E-state index is -2.86. The van der Waals surface area contributed by atoms with Gasteiger partial charge in [-0.3, -0.25) is 4.57 Å². The van der Waals surface area contributed by atoms with Crippen LogP contribution in [0, 0.1) is 0 Å². The highest BCUT2D eigenvalue weighted by Gasteiger charge is 2.24. The molecule has 0 amide bonds. The van der Waals surface area contributed by atoms with Gasteiger partial charge in [0.25, 0.3) is 0 Å².